The second-order valence-electron chi connectivity index (χ2n) is 3.24. The first-order valence-electron chi connectivity index (χ1n) is 4.50. The molecule has 6 nitrogen and oxygen atoms in total. The summed E-state index contributed by atoms with van der Waals surface area (Å²) in [4.78, 5) is 14.8. The highest BCUT2D eigenvalue weighted by Crippen LogP contribution is 2.37. The topological polar surface area (TPSA) is 90.4 Å². The Morgan fingerprint density at radius 1 is 1.88 bits per heavy atom. The van der Waals surface area contributed by atoms with Crippen LogP contribution in [0.15, 0.2) is 17.1 Å². The van der Waals surface area contributed by atoms with Gasteiger partial charge in [0.05, 0.1) is 12.4 Å². The number of nitrogens with zero attached hydrogens (tertiary/aromatic N) is 2. The van der Waals surface area contributed by atoms with Crippen molar-refractivity contribution in [3.63, 3.8) is 0 Å². The van der Waals surface area contributed by atoms with Crippen LogP contribution in [0, 0.1) is 0 Å². The Labute approximate surface area is 94.2 Å². The summed E-state index contributed by atoms with van der Waals surface area (Å²) in [6.45, 7) is -0.312. The van der Waals surface area contributed by atoms with Crippen molar-refractivity contribution in [1.82, 2.24) is 9.55 Å². The second-order valence-corrected chi connectivity index (χ2v) is 4.38. The molecule has 0 aromatic carbocycles. The van der Waals surface area contributed by atoms with Crippen LogP contribution in [-0.4, -0.2) is 32.5 Å². The number of aliphatic hydroxyl groups is 1. The zero-order chi connectivity index (χ0) is 11.8. The smallest absolute Gasteiger partial charge is 0.353 e. The number of thioether (sulfide) groups is 1. The summed E-state index contributed by atoms with van der Waals surface area (Å²) in [5, 5.41) is 8.82. The average molecular weight is 247 g/mol. The van der Waals surface area contributed by atoms with Crippen molar-refractivity contribution in [3.8, 4) is 0 Å². The van der Waals surface area contributed by atoms with E-state index in [0.717, 1.165) is 16.3 Å². The number of anilines is 1. The van der Waals surface area contributed by atoms with Crippen molar-refractivity contribution >= 4 is 17.6 Å². The first-order valence-corrected chi connectivity index (χ1v) is 5.55. The van der Waals surface area contributed by atoms with E-state index in [1.165, 1.54) is 12.3 Å². The Balaban J connectivity index is 2.34. The minimum atomic E-state index is -2.27. The molecule has 2 atom stereocenters. The van der Waals surface area contributed by atoms with Gasteiger partial charge in [-0.2, -0.15) is 9.37 Å². The molecule has 1 saturated heterocycles. The second kappa shape index (κ2) is 4.04. The predicted octanol–water partition coefficient (Wildman–Crippen LogP) is -0.513. The number of hydrogen-bond donors (Lipinski definition) is 2. The van der Waals surface area contributed by atoms with Crippen LogP contribution in [0.3, 0.4) is 0 Å². The van der Waals surface area contributed by atoms with Gasteiger partial charge in [-0.25, -0.2) is 9.36 Å². The molecule has 1 aliphatic heterocycles. The number of nitrogens with two attached hydrogens (primary N) is 1. The van der Waals surface area contributed by atoms with Gasteiger partial charge >= 0.3 is 11.7 Å². The van der Waals surface area contributed by atoms with Crippen LogP contribution in [0.2, 0.25) is 0 Å². The average Bonchev–Trinajstić information content (AvgIpc) is 2.61. The Kier molecular flexibility index (Phi) is 2.87. The van der Waals surface area contributed by atoms with E-state index in [1.807, 2.05) is 0 Å². The first-order chi connectivity index (χ1) is 7.55. The van der Waals surface area contributed by atoms with Crippen LogP contribution in [-0.2, 0) is 10.7 Å². The molecule has 0 spiro atoms. The molecule has 1 fully saturated rings. The molecule has 3 N–H and O–H groups in total. The van der Waals surface area contributed by atoms with Crippen molar-refractivity contribution in [2.75, 3.05) is 18.1 Å². The lowest BCUT2D eigenvalue weighted by molar-refractivity contribution is -0.194. The molecule has 0 aliphatic carbocycles. The highest BCUT2D eigenvalue weighted by Gasteiger charge is 2.43. The molecule has 0 radical (unpaired) electrons. The van der Waals surface area contributed by atoms with E-state index in [9.17, 15) is 9.18 Å². The maximum atomic E-state index is 14.2. The lowest BCUT2D eigenvalue weighted by atomic mass is 10.5. The quantitative estimate of drug-likeness (QED) is 0.731. The van der Waals surface area contributed by atoms with Gasteiger partial charge in [-0.05, 0) is 6.07 Å². The first kappa shape index (κ1) is 11.4. The number of rotatable bonds is 2. The molecule has 1 aromatic heterocycles. The monoisotopic (exact) mass is 247 g/mol. The number of aromatic nitrogens is 2. The number of ether oxygens (including phenoxy) is 1. The molecule has 2 unspecified atom stereocenters. The maximum Gasteiger partial charge on any atom is 0.353 e. The van der Waals surface area contributed by atoms with Crippen molar-refractivity contribution in [2.45, 2.75) is 11.4 Å². The van der Waals surface area contributed by atoms with Gasteiger partial charge < -0.3 is 15.6 Å². The summed E-state index contributed by atoms with van der Waals surface area (Å²) >= 11 is 1.09. The Hall–Kier alpha value is -1.12. The van der Waals surface area contributed by atoms with Gasteiger partial charge in [0, 0.05) is 6.20 Å². The van der Waals surface area contributed by atoms with Crippen molar-refractivity contribution in [3.05, 3.63) is 22.7 Å². The predicted molar refractivity (Wildman–Crippen MR) is 56.4 cm³/mol. The van der Waals surface area contributed by atoms with Crippen molar-refractivity contribution in [2.24, 2.45) is 0 Å². The van der Waals surface area contributed by atoms with E-state index in [1.54, 1.807) is 0 Å². The van der Waals surface area contributed by atoms with Gasteiger partial charge in [0.25, 0.3) is 0 Å². The highest BCUT2D eigenvalue weighted by molar-refractivity contribution is 8.00. The standard InChI is InChI=1S/C8H10FN3O3S/c9-8(4-16-6(3-13)15-8)12-2-1-5(10)11-7(12)14/h1-2,6,13H,3-4H2,(H2,10,11,14). The molecule has 0 saturated carbocycles. The van der Waals surface area contributed by atoms with Gasteiger partial charge in [0.2, 0.25) is 0 Å². The van der Waals surface area contributed by atoms with Crippen LogP contribution in [0.4, 0.5) is 10.2 Å². The molecule has 0 amide bonds. The number of aliphatic hydroxyl groups excluding tert-OH is 1. The SMILES string of the molecule is Nc1ccn(C2(F)CSC(CO)O2)c(=O)n1. The Bertz CT molecular complexity index is 454. The van der Waals surface area contributed by atoms with E-state index in [4.69, 9.17) is 15.6 Å². The van der Waals surface area contributed by atoms with Gasteiger partial charge in [-0.3, -0.25) is 0 Å². The number of hydrogen-bond acceptors (Lipinski definition) is 6. The summed E-state index contributed by atoms with van der Waals surface area (Å²) in [5.41, 5.74) is 3.80. The summed E-state index contributed by atoms with van der Waals surface area (Å²) in [6.07, 6.45) is 1.19. The molecule has 1 aromatic rings. The fourth-order valence-electron chi connectivity index (χ4n) is 1.35. The molecule has 0 bridgehead atoms. The zero-order valence-electron chi connectivity index (χ0n) is 8.17. The summed E-state index contributed by atoms with van der Waals surface area (Å²) < 4.78 is 19.9. The van der Waals surface area contributed by atoms with Gasteiger partial charge in [-0.15, -0.1) is 11.8 Å². The zero-order valence-corrected chi connectivity index (χ0v) is 8.98. The Morgan fingerprint density at radius 2 is 2.62 bits per heavy atom. The largest absolute Gasteiger partial charge is 0.393 e. The molecule has 1 aliphatic rings. The van der Waals surface area contributed by atoms with E-state index in [0.29, 0.717) is 0 Å². The Morgan fingerprint density at radius 3 is 3.19 bits per heavy atom. The number of alkyl halides is 1. The van der Waals surface area contributed by atoms with Gasteiger partial charge in [0.1, 0.15) is 11.3 Å². The third kappa shape index (κ3) is 1.91. The number of halogens is 1. The molecule has 2 rings (SSSR count). The van der Waals surface area contributed by atoms with E-state index in [-0.39, 0.29) is 18.2 Å². The molecule has 8 heteroatoms. The number of nitrogen functional groups attached to an aromatic ring is 1. The molecule has 88 valence electrons. The molecular weight excluding hydrogens is 237 g/mol. The van der Waals surface area contributed by atoms with Gasteiger partial charge in [-0.1, -0.05) is 0 Å². The normalized spacial score (nSPS) is 29.5. The molecular formula is C8H10FN3O3S. The van der Waals surface area contributed by atoms with Crippen LogP contribution >= 0.6 is 11.8 Å². The molecule has 16 heavy (non-hydrogen) atoms. The van der Waals surface area contributed by atoms with Crippen LogP contribution < -0.4 is 11.4 Å². The van der Waals surface area contributed by atoms with E-state index in [2.05, 4.69) is 4.98 Å². The highest BCUT2D eigenvalue weighted by atomic mass is 32.2. The summed E-state index contributed by atoms with van der Waals surface area (Å²) in [6, 6.07) is 1.31. The maximum absolute atomic E-state index is 14.2. The third-order valence-electron chi connectivity index (χ3n) is 2.09. The van der Waals surface area contributed by atoms with Crippen LogP contribution in [0.25, 0.3) is 0 Å². The molecule has 2 heterocycles. The minimum absolute atomic E-state index is 0.0224. The summed E-state index contributed by atoms with van der Waals surface area (Å²) in [5.74, 6) is -2.33. The van der Waals surface area contributed by atoms with Crippen LogP contribution in [0.1, 0.15) is 0 Å². The minimum Gasteiger partial charge on any atom is -0.393 e. The van der Waals surface area contributed by atoms with Gasteiger partial charge in [0.15, 0.2) is 0 Å². The lowest BCUT2D eigenvalue weighted by Gasteiger charge is -2.20. The van der Waals surface area contributed by atoms with E-state index >= 15 is 0 Å². The lowest BCUT2D eigenvalue weighted by Crippen LogP contribution is -2.40. The van der Waals surface area contributed by atoms with E-state index < -0.39 is 17.1 Å². The van der Waals surface area contributed by atoms with Crippen LogP contribution in [0.5, 0.6) is 0 Å². The fourth-order valence-corrected chi connectivity index (χ4v) is 2.27. The van der Waals surface area contributed by atoms with Crippen molar-refractivity contribution < 1.29 is 14.2 Å². The fraction of sp³-hybridized carbons (Fsp3) is 0.500. The summed E-state index contributed by atoms with van der Waals surface area (Å²) in [7, 11) is 0. The van der Waals surface area contributed by atoms with Crippen molar-refractivity contribution in [1.29, 1.82) is 0 Å². The third-order valence-corrected chi connectivity index (χ3v) is 3.23.